The second-order valence-electron chi connectivity index (χ2n) is 4.00. The van der Waals surface area contributed by atoms with Crippen LogP contribution in [0.3, 0.4) is 0 Å². The molecule has 0 aromatic heterocycles. The zero-order chi connectivity index (χ0) is 12.2. The van der Waals surface area contributed by atoms with Gasteiger partial charge in [0.05, 0.1) is 17.8 Å². The Kier molecular flexibility index (Phi) is 4.69. The largest absolute Gasteiger partial charge is 0.481 e. The van der Waals surface area contributed by atoms with Crippen molar-refractivity contribution in [2.45, 2.75) is 25.9 Å². The molecule has 1 aliphatic rings. The highest BCUT2D eigenvalue weighted by Gasteiger charge is 2.24. The summed E-state index contributed by atoms with van der Waals surface area (Å²) in [5.74, 6) is -1.82. The lowest BCUT2D eigenvalue weighted by molar-refractivity contribution is -0.140. The van der Waals surface area contributed by atoms with Gasteiger partial charge in [-0.25, -0.2) is 13.1 Å². The average molecular weight is 251 g/mol. The molecule has 1 rings (SSSR count). The molecule has 1 heterocycles. The van der Waals surface area contributed by atoms with E-state index in [0.717, 1.165) is 12.8 Å². The van der Waals surface area contributed by atoms with Crippen LogP contribution in [0, 0.1) is 5.92 Å². The van der Waals surface area contributed by atoms with Gasteiger partial charge in [-0.1, -0.05) is 6.92 Å². The predicted molar refractivity (Wildman–Crippen MR) is 57.6 cm³/mol. The van der Waals surface area contributed by atoms with Crippen LogP contribution in [-0.4, -0.2) is 44.5 Å². The first-order chi connectivity index (χ1) is 7.41. The van der Waals surface area contributed by atoms with Crippen molar-refractivity contribution in [3.05, 3.63) is 0 Å². The van der Waals surface area contributed by atoms with E-state index >= 15 is 0 Å². The van der Waals surface area contributed by atoms with Crippen LogP contribution in [0.15, 0.2) is 0 Å². The summed E-state index contributed by atoms with van der Waals surface area (Å²) in [7, 11) is -3.43. The fraction of sp³-hybridized carbons (Fsp3) is 0.889. The van der Waals surface area contributed by atoms with Gasteiger partial charge >= 0.3 is 5.97 Å². The third-order valence-corrected chi connectivity index (χ3v) is 3.88. The zero-order valence-corrected chi connectivity index (χ0v) is 10.00. The van der Waals surface area contributed by atoms with E-state index in [0.29, 0.717) is 6.61 Å². The van der Waals surface area contributed by atoms with Crippen LogP contribution in [0.5, 0.6) is 0 Å². The second-order valence-corrected chi connectivity index (χ2v) is 5.86. The molecule has 2 unspecified atom stereocenters. The number of hydrogen-bond donors (Lipinski definition) is 2. The van der Waals surface area contributed by atoms with E-state index in [2.05, 4.69) is 4.72 Å². The summed E-state index contributed by atoms with van der Waals surface area (Å²) in [6.07, 6.45) is 1.37. The number of carbonyl (C=O) groups is 1. The van der Waals surface area contributed by atoms with Crippen molar-refractivity contribution >= 4 is 16.0 Å². The van der Waals surface area contributed by atoms with E-state index in [4.69, 9.17) is 9.84 Å². The van der Waals surface area contributed by atoms with Crippen molar-refractivity contribution in [3.63, 3.8) is 0 Å². The molecule has 1 saturated heterocycles. The first kappa shape index (κ1) is 13.4. The molecule has 7 heteroatoms. The van der Waals surface area contributed by atoms with Crippen molar-refractivity contribution in [3.8, 4) is 0 Å². The molecule has 0 amide bonds. The monoisotopic (exact) mass is 251 g/mol. The Morgan fingerprint density at radius 2 is 2.31 bits per heavy atom. The van der Waals surface area contributed by atoms with Crippen molar-refractivity contribution in [1.82, 2.24) is 4.72 Å². The quantitative estimate of drug-likeness (QED) is 0.682. The Labute approximate surface area is 95.0 Å². The van der Waals surface area contributed by atoms with Crippen LogP contribution in [0.25, 0.3) is 0 Å². The summed E-state index contributed by atoms with van der Waals surface area (Å²) >= 11 is 0. The van der Waals surface area contributed by atoms with Crippen LogP contribution in [0.2, 0.25) is 0 Å². The minimum absolute atomic E-state index is 0.0790. The van der Waals surface area contributed by atoms with Gasteiger partial charge in [0.2, 0.25) is 10.0 Å². The molecular formula is C9H17NO5S. The molecule has 1 aliphatic heterocycles. The maximum Gasteiger partial charge on any atom is 0.307 e. The molecule has 0 spiro atoms. The number of carboxylic acids is 1. The fourth-order valence-corrected chi connectivity index (χ4v) is 2.79. The van der Waals surface area contributed by atoms with Crippen molar-refractivity contribution in [2.24, 2.45) is 5.92 Å². The molecule has 0 aliphatic carbocycles. The van der Waals surface area contributed by atoms with Gasteiger partial charge in [0.1, 0.15) is 0 Å². The van der Waals surface area contributed by atoms with Gasteiger partial charge in [-0.05, 0) is 12.8 Å². The summed E-state index contributed by atoms with van der Waals surface area (Å²) in [4.78, 5) is 10.5. The lowest BCUT2D eigenvalue weighted by Crippen LogP contribution is -2.36. The molecule has 1 fully saturated rings. The lowest BCUT2D eigenvalue weighted by atomic mass is 10.2. The van der Waals surface area contributed by atoms with Gasteiger partial charge in [-0.15, -0.1) is 0 Å². The number of ether oxygens (including phenoxy) is 1. The number of rotatable bonds is 6. The van der Waals surface area contributed by atoms with E-state index in [1.807, 2.05) is 0 Å². The molecule has 0 radical (unpaired) electrons. The van der Waals surface area contributed by atoms with Crippen LogP contribution in [0.1, 0.15) is 19.8 Å². The van der Waals surface area contributed by atoms with Crippen LogP contribution in [0.4, 0.5) is 0 Å². The Morgan fingerprint density at radius 1 is 1.62 bits per heavy atom. The van der Waals surface area contributed by atoms with Gasteiger partial charge in [0.25, 0.3) is 0 Å². The van der Waals surface area contributed by atoms with Crippen LogP contribution in [-0.2, 0) is 19.6 Å². The maximum atomic E-state index is 11.5. The van der Waals surface area contributed by atoms with Gasteiger partial charge in [0, 0.05) is 13.2 Å². The number of aliphatic carboxylic acids is 1. The molecule has 2 atom stereocenters. The summed E-state index contributed by atoms with van der Waals surface area (Å²) < 4.78 is 30.5. The molecular weight excluding hydrogens is 234 g/mol. The molecule has 6 nitrogen and oxygen atoms in total. The highest BCUT2D eigenvalue weighted by Crippen LogP contribution is 2.13. The van der Waals surface area contributed by atoms with Gasteiger partial charge in [-0.3, -0.25) is 4.79 Å². The minimum atomic E-state index is -3.43. The number of sulfonamides is 1. The summed E-state index contributed by atoms with van der Waals surface area (Å²) in [5.41, 5.74) is 0. The number of hydrogen-bond acceptors (Lipinski definition) is 4. The van der Waals surface area contributed by atoms with Crippen LogP contribution < -0.4 is 4.72 Å². The average Bonchev–Trinajstić information content (AvgIpc) is 2.65. The Bertz CT molecular complexity index is 334. The normalized spacial score (nSPS) is 23.2. The van der Waals surface area contributed by atoms with E-state index < -0.39 is 21.9 Å². The van der Waals surface area contributed by atoms with Gasteiger partial charge in [-0.2, -0.15) is 0 Å². The molecule has 0 bridgehead atoms. The Morgan fingerprint density at radius 3 is 2.81 bits per heavy atom. The molecule has 0 aromatic rings. The van der Waals surface area contributed by atoms with Crippen LogP contribution >= 0.6 is 0 Å². The van der Waals surface area contributed by atoms with Crippen molar-refractivity contribution < 1.29 is 23.1 Å². The zero-order valence-electron chi connectivity index (χ0n) is 9.18. The molecule has 0 saturated carbocycles. The highest BCUT2D eigenvalue weighted by molar-refractivity contribution is 7.89. The smallest absolute Gasteiger partial charge is 0.307 e. The maximum absolute atomic E-state index is 11.5. The van der Waals surface area contributed by atoms with Crippen molar-refractivity contribution in [1.29, 1.82) is 0 Å². The second kappa shape index (κ2) is 5.60. The first-order valence-electron chi connectivity index (χ1n) is 5.22. The molecule has 2 N–H and O–H groups in total. The summed E-state index contributed by atoms with van der Waals surface area (Å²) in [5, 5.41) is 8.60. The summed E-state index contributed by atoms with van der Waals surface area (Å²) in [6, 6.07) is 0. The molecule has 94 valence electrons. The van der Waals surface area contributed by atoms with Crippen molar-refractivity contribution in [2.75, 3.05) is 18.9 Å². The Hall–Kier alpha value is -0.660. The van der Waals surface area contributed by atoms with E-state index in [1.54, 1.807) is 0 Å². The van der Waals surface area contributed by atoms with E-state index in [9.17, 15) is 13.2 Å². The first-order valence-corrected chi connectivity index (χ1v) is 6.87. The lowest BCUT2D eigenvalue weighted by Gasteiger charge is -2.12. The number of carboxylic acid groups (broad SMARTS) is 1. The third-order valence-electron chi connectivity index (χ3n) is 2.46. The standard InChI is InChI=1S/C9H17NO5S/c1-7(9(11)12)5-10-16(13,14)6-8-3-2-4-15-8/h7-8,10H,2-6H2,1H3,(H,11,12). The highest BCUT2D eigenvalue weighted by atomic mass is 32.2. The van der Waals surface area contributed by atoms with Gasteiger partial charge in [0.15, 0.2) is 0 Å². The number of nitrogens with one attached hydrogen (secondary N) is 1. The minimum Gasteiger partial charge on any atom is -0.481 e. The topological polar surface area (TPSA) is 92.7 Å². The SMILES string of the molecule is CC(CNS(=O)(=O)CC1CCCO1)C(=O)O. The van der Waals surface area contributed by atoms with E-state index in [-0.39, 0.29) is 18.4 Å². The predicted octanol–water partition coefficient (Wildman–Crippen LogP) is -0.194. The van der Waals surface area contributed by atoms with Gasteiger partial charge < -0.3 is 9.84 Å². The summed E-state index contributed by atoms with van der Waals surface area (Å²) in [6.45, 7) is 1.98. The Balaban J connectivity index is 2.36. The molecule has 0 aromatic carbocycles. The van der Waals surface area contributed by atoms with E-state index in [1.165, 1.54) is 6.92 Å². The third kappa shape index (κ3) is 4.46. The fourth-order valence-electron chi connectivity index (χ4n) is 1.42. The molecule has 16 heavy (non-hydrogen) atoms.